The second-order valence-corrected chi connectivity index (χ2v) is 18.4. The molecular weight excluding hydrogens is 1050 g/mol. The molecule has 0 aromatic carbocycles. The van der Waals surface area contributed by atoms with Crippen LogP contribution in [0.15, 0.2) is 11.5 Å². The number of carboxylic acid groups (broad SMARTS) is 2. The van der Waals surface area contributed by atoms with E-state index in [0.29, 0.717) is 0 Å². The van der Waals surface area contributed by atoms with Gasteiger partial charge in [0.1, 0.15) is 122 Å². The molecule has 0 aromatic heterocycles. The molecule has 37 heteroatoms. The normalized spacial score (nSPS) is 46.4. The van der Waals surface area contributed by atoms with Gasteiger partial charge in [0.05, 0.1) is 26.4 Å². The Bertz CT molecular complexity index is 2070. The number of carbonyl (C=O) groups is 3. The van der Waals surface area contributed by atoms with Crippen LogP contribution in [-0.2, 0) is 81.1 Å². The number of carboxylic acids is 2. The van der Waals surface area contributed by atoms with Crippen LogP contribution in [0.4, 0.5) is 0 Å². The summed E-state index contributed by atoms with van der Waals surface area (Å²) >= 11 is 0. The monoisotopic (exact) mass is 1110 g/mol. The number of hydrogen-bond acceptors (Lipinski definition) is 32. The lowest BCUT2D eigenvalue weighted by molar-refractivity contribution is -0.389. The molecule has 0 spiro atoms. The standard InChI is InChI=1S/C37H57NO35S/c1-6(42)38-11-24(67-34-19(50)15(46)16(47)28(71-34)30(54)55)23(73-74(59,60)61)9(4-41)65-33(11)70-27-17(48)20(51)35(72-29(27)31(56)57)68-26-14(45)8(3-40)64-37(22(26)53)69-25-13(44)7(2-39)63-36(21(25)52)66-10-5-62-32(58)18(49)12(10)43/h7-15,17-27,29,32-37,39-41,43-53,58H,2-5H2,1H3,(H,38,42)(H,54,55)(H,56,57)(H,59,60,61)/t7-,8-,9-,10-,11-,12+,13+,14+,15+,17-,18-,19-,20-,21-,22-,23+,24-,25+,26+,27+,29+,32-,33+,34-,35-,36+,37+/m1/s1. The Morgan fingerprint density at radius 3 is 1.58 bits per heavy atom. The molecule has 6 aliphatic heterocycles. The smallest absolute Gasteiger partial charge is 0.397 e. The molecule has 6 heterocycles. The van der Waals surface area contributed by atoms with E-state index in [2.05, 4.69) is 9.50 Å². The largest absolute Gasteiger partial charge is 0.506 e. The fraction of sp³-hybridized carbons (Fsp3) is 0.865. The van der Waals surface area contributed by atoms with Crippen molar-refractivity contribution < 1.29 is 170 Å². The van der Waals surface area contributed by atoms with E-state index in [0.717, 1.165) is 6.92 Å². The van der Waals surface area contributed by atoms with Gasteiger partial charge in [-0.2, -0.15) is 8.42 Å². The number of aliphatic carboxylic acids is 2. The molecule has 74 heavy (non-hydrogen) atoms. The zero-order valence-electron chi connectivity index (χ0n) is 37.8. The number of nitrogens with one attached hydrogen (secondary N) is 1. The Labute approximate surface area is 414 Å². The molecule has 19 N–H and O–H groups in total. The number of hydrogen-bond donors (Lipinski definition) is 19. The van der Waals surface area contributed by atoms with E-state index in [1.807, 2.05) is 0 Å². The summed E-state index contributed by atoms with van der Waals surface area (Å²) in [5.41, 5.74) is 0. The minimum atomic E-state index is -5.63. The molecule has 0 aliphatic carbocycles. The van der Waals surface area contributed by atoms with Gasteiger partial charge in [0.15, 0.2) is 43.3 Å². The summed E-state index contributed by atoms with van der Waals surface area (Å²) in [6.07, 6.45) is -56.9. The van der Waals surface area contributed by atoms with Gasteiger partial charge in [0.25, 0.3) is 0 Å². The molecule has 0 radical (unpaired) electrons. The molecule has 0 unspecified atom stereocenters. The van der Waals surface area contributed by atoms with Crippen LogP contribution in [0.5, 0.6) is 0 Å². The number of ether oxygens (including phenoxy) is 11. The van der Waals surface area contributed by atoms with Crippen LogP contribution in [-0.4, -0.2) is 310 Å². The fourth-order valence-electron chi connectivity index (χ4n) is 8.58. The first-order valence-corrected chi connectivity index (χ1v) is 23.3. The molecule has 0 bridgehead atoms. The second-order valence-electron chi connectivity index (χ2n) is 17.3. The number of carbonyl (C=O) groups excluding carboxylic acids is 1. The summed E-state index contributed by atoms with van der Waals surface area (Å²) in [6.45, 7) is -3.22. The zero-order valence-corrected chi connectivity index (χ0v) is 38.6. The summed E-state index contributed by atoms with van der Waals surface area (Å²) < 4.78 is 98.2. The van der Waals surface area contributed by atoms with Crippen LogP contribution in [0.1, 0.15) is 6.92 Å². The number of rotatable bonds is 18. The molecule has 426 valence electrons. The quantitative estimate of drug-likeness (QED) is 0.0567. The first kappa shape index (κ1) is 59.9. The molecule has 0 saturated carbocycles. The van der Waals surface area contributed by atoms with Gasteiger partial charge in [0, 0.05) is 6.92 Å². The van der Waals surface area contributed by atoms with Crippen molar-refractivity contribution in [1.29, 1.82) is 0 Å². The molecule has 36 nitrogen and oxygen atoms in total. The molecule has 1 amide bonds. The highest BCUT2D eigenvalue weighted by molar-refractivity contribution is 7.80. The number of aliphatic hydroxyl groups is 15. The predicted molar refractivity (Wildman–Crippen MR) is 216 cm³/mol. The van der Waals surface area contributed by atoms with E-state index >= 15 is 0 Å². The first-order chi connectivity index (χ1) is 34.6. The Morgan fingerprint density at radius 1 is 0.581 bits per heavy atom. The topological polar surface area (TPSA) is 572 Å². The van der Waals surface area contributed by atoms with Crippen molar-refractivity contribution in [3.8, 4) is 0 Å². The average Bonchev–Trinajstić information content (AvgIpc) is 3.33. The third kappa shape index (κ3) is 12.8. The van der Waals surface area contributed by atoms with Crippen molar-refractivity contribution in [2.45, 2.75) is 173 Å². The third-order valence-electron chi connectivity index (χ3n) is 12.3. The zero-order chi connectivity index (χ0) is 55.0. The van der Waals surface area contributed by atoms with Crippen molar-refractivity contribution in [2.24, 2.45) is 0 Å². The van der Waals surface area contributed by atoms with Gasteiger partial charge in [-0.25, -0.2) is 13.8 Å². The van der Waals surface area contributed by atoms with Gasteiger partial charge >= 0.3 is 22.3 Å². The maximum absolute atomic E-state index is 12.8. The highest BCUT2D eigenvalue weighted by Gasteiger charge is 2.59. The van der Waals surface area contributed by atoms with Crippen molar-refractivity contribution in [2.75, 3.05) is 26.4 Å². The SMILES string of the molecule is CC(=O)N[C@H]1[C@H](O[C@H]2[C@H](O)[C@@H](O)[C@H](O[C@H]3[C@@H](O)[C@@H](CO)O[C@@H](O[C@H]4[C@@H](O)[C@@H](CO)O[C@@H](O[C@@H]5CO[C@@H](O)[C@H](O)[C@H]5O)[C@@H]4O)[C@@H]3O)O[C@@H]2C(=O)O)O[C@H](CO)[C@H](OS(=O)(=O)O)[C@@H]1O[C@@H]1OC(C(=O)O)=C(O)[C@H](O)[C@H]1O. The molecule has 0 aromatic rings. The maximum Gasteiger partial charge on any atom is 0.397 e. The van der Waals surface area contributed by atoms with Gasteiger partial charge in [-0.05, 0) is 0 Å². The summed E-state index contributed by atoms with van der Waals surface area (Å²) in [7, 11) is -5.63. The van der Waals surface area contributed by atoms with Crippen LogP contribution >= 0.6 is 0 Å². The van der Waals surface area contributed by atoms with E-state index < -0.39 is 232 Å². The van der Waals surface area contributed by atoms with Crippen molar-refractivity contribution in [3.63, 3.8) is 0 Å². The average molecular weight is 1110 g/mol. The van der Waals surface area contributed by atoms with E-state index in [9.17, 15) is 114 Å². The Kier molecular flexibility index (Phi) is 19.9. The molecule has 5 fully saturated rings. The summed E-state index contributed by atoms with van der Waals surface area (Å²) in [5.74, 6) is -8.04. The highest BCUT2D eigenvalue weighted by atomic mass is 32.3. The lowest BCUT2D eigenvalue weighted by atomic mass is 9.94. The van der Waals surface area contributed by atoms with E-state index in [4.69, 9.17) is 52.1 Å². The molecule has 6 aliphatic rings. The summed E-state index contributed by atoms with van der Waals surface area (Å²) in [4.78, 5) is 37.2. The molecule has 6 rings (SSSR count). The highest BCUT2D eigenvalue weighted by Crippen LogP contribution is 2.37. The molecule has 27 atom stereocenters. The van der Waals surface area contributed by atoms with Gasteiger partial charge in [0.2, 0.25) is 18.0 Å². The Morgan fingerprint density at radius 2 is 1.08 bits per heavy atom. The fourth-order valence-corrected chi connectivity index (χ4v) is 9.09. The minimum absolute atomic E-state index is 0.581. The lowest BCUT2D eigenvalue weighted by Crippen LogP contribution is -2.70. The van der Waals surface area contributed by atoms with Gasteiger partial charge < -0.3 is 144 Å². The van der Waals surface area contributed by atoms with Crippen LogP contribution < -0.4 is 5.32 Å². The Hall–Kier alpha value is -3.34. The van der Waals surface area contributed by atoms with E-state index in [1.54, 1.807) is 0 Å². The first-order valence-electron chi connectivity index (χ1n) is 21.9. The number of amides is 1. The molecule has 5 saturated heterocycles. The Balaban J connectivity index is 1.24. The minimum Gasteiger partial charge on any atom is -0.506 e. The van der Waals surface area contributed by atoms with E-state index in [-0.39, 0.29) is 0 Å². The van der Waals surface area contributed by atoms with E-state index in [1.165, 1.54) is 0 Å². The summed E-state index contributed by atoms with van der Waals surface area (Å²) in [6, 6.07) is -2.17. The predicted octanol–water partition coefficient (Wildman–Crippen LogP) is -12.3. The molecular formula is C37H57NO35S. The van der Waals surface area contributed by atoms with Gasteiger partial charge in [-0.3, -0.25) is 9.35 Å². The van der Waals surface area contributed by atoms with Crippen molar-refractivity contribution >= 4 is 28.2 Å². The second kappa shape index (κ2) is 24.5. The van der Waals surface area contributed by atoms with Crippen molar-refractivity contribution in [1.82, 2.24) is 5.32 Å². The van der Waals surface area contributed by atoms with Crippen LogP contribution in [0.2, 0.25) is 0 Å². The van der Waals surface area contributed by atoms with Crippen LogP contribution in [0.3, 0.4) is 0 Å². The summed E-state index contributed by atoms with van der Waals surface area (Å²) in [5, 5.41) is 181. The van der Waals surface area contributed by atoms with Crippen LogP contribution in [0.25, 0.3) is 0 Å². The maximum atomic E-state index is 12.8. The number of aliphatic hydroxyl groups excluding tert-OH is 15. The van der Waals surface area contributed by atoms with Crippen LogP contribution in [0, 0.1) is 0 Å². The van der Waals surface area contributed by atoms with Gasteiger partial charge in [-0.15, -0.1) is 0 Å². The third-order valence-corrected chi connectivity index (χ3v) is 12.8. The van der Waals surface area contributed by atoms with Gasteiger partial charge in [-0.1, -0.05) is 0 Å². The lowest BCUT2D eigenvalue weighted by Gasteiger charge is -2.50. The van der Waals surface area contributed by atoms with Crippen molar-refractivity contribution in [3.05, 3.63) is 11.5 Å².